The predicted octanol–water partition coefficient (Wildman–Crippen LogP) is 7.12. The molecule has 0 rings (SSSR count). The number of hydrogen-bond donors (Lipinski definition) is 3. The molecule has 6 unspecified atom stereocenters. The van der Waals surface area contributed by atoms with Gasteiger partial charge in [0.2, 0.25) is 17.7 Å². The molecule has 0 heterocycles. The van der Waals surface area contributed by atoms with Crippen LogP contribution in [0.4, 0.5) is 0 Å². The van der Waals surface area contributed by atoms with Crippen molar-refractivity contribution in [2.45, 2.75) is 133 Å². The highest BCUT2D eigenvalue weighted by molar-refractivity contribution is 5.90. The van der Waals surface area contributed by atoms with Gasteiger partial charge in [0.1, 0.15) is 0 Å². The van der Waals surface area contributed by atoms with Crippen molar-refractivity contribution in [1.29, 1.82) is 0 Å². The summed E-state index contributed by atoms with van der Waals surface area (Å²) in [5, 5.41) is 9.11. The van der Waals surface area contributed by atoms with Gasteiger partial charge in [-0.1, -0.05) is 101 Å². The fraction of sp³-hybridized carbons (Fsp3) is 0.909. The Morgan fingerprint density at radius 3 is 1.10 bits per heavy atom. The average molecular weight is 552 g/mol. The molecule has 6 atom stereocenters. The Hall–Kier alpha value is -1.59. The van der Waals surface area contributed by atoms with Crippen LogP contribution in [0.15, 0.2) is 0 Å². The zero-order chi connectivity index (χ0) is 29.8. The summed E-state index contributed by atoms with van der Waals surface area (Å²) in [6, 6.07) is 0. The largest absolute Gasteiger partial charge is 0.356 e. The quantitative estimate of drug-likeness (QED) is 0.126. The second-order valence-corrected chi connectivity index (χ2v) is 13.2. The van der Waals surface area contributed by atoms with E-state index in [4.69, 9.17) is 0 Å². The molecule has 230 valence electrons. The van der Waals surface area contributed by atoms with Crippen molar-refractivity contribution < 1.29 is 14.4 Å². The zero-order valence-corrected chi connectivity index (χ0v) is 27.2. The van der Waals surface area contributed by atoms with Gasteiger partial charge in [-0.25, -0.2) is 0 Å². The predicted molar refractivity (Wildman–Crippen MR) is 165 cm³/mol. The van der Waals surface area contributed by atoms with Crippen molar-refractivity contribution in [3.8, 4) is 0 Å². The number of carbonyl (C=O) groups excluding carboxylic acids is 3. The van der Waals surface area contributed by atoms with Crippen LogP contribution in [0.25, 0.3) is 0 Å². The Kier molecular flexibility index (Phi) is 21.2. The number of carbonyl (C=O) groups is 3. The van der Waals surface area contributed by atoms with Gasteiger partial charge >= 0.3 is 0 Å². The van der Waals surface area contributed by atoms with Crippen molar-refractivity contribution >= 4 is 17.7 Å². The molecule has 0 saturated carbocycles. The lowest BCUT2D eigenvalue weighted by Gasteiger charge is -2.22. The maximum Gasteiger partial charge on any atom is 0.224 e. The van der Waals surface area contributed by atoms with Crippen molar-refractivity contribution in [3.05, 3.63) is 0 Å². The first kappa shape index (κ1) is 37.4. The molecule has 6 heteroatoms. The summed E-state index contributed by atoms with van der Waals surface area (Å²) in [5.41, 5.74) is 0. The van der Waals surface area contributed by atoms with Crippen LogP contribution in [-0.4, -0.2) is 37.4 Å². The van der Waals surface area contributed by atoms with Gasteiger partial charge in [-0.15, -0.1) is 0 Å². The third-order valence-corrected chi connectivity index (χ3v) is 7.91. The van der Waals surface area contributed by atoms with Crippen LogP contribution in [0.1, 0.15) is 133 Å². The Labute approximate surface area is 242 Å². The van der Waals surface area contributed by atoms with Gasteiger partial charge in [0.05, 0.1) is 5.92 Å². The smallest absolute Gasteiger partial charge is 0.224 e. The van der Waals surface area contributed by atoms with Gasteiger partial charge in [-0.3, -0.25) is 14.4 Å². The Balaban J connectivity index is 5.01. The number of rotatable bonds is 23. The van der Waals surface area contributed by atoms with E-state index in [1.165, 1.54) is 38.5 Å². The highest BCUT2D eigenvalue weighted by Crippen LogP contribution is 2.19. The van der Waals surface area contributed by atoms with E-state index in [9.17, 15) is 14.4 Å². The molecule has 0 aromatic carbocycles. The average Bonchev–Trinajstić information content (AvgIpc) is 2.84. The lowest BCUT2D eigenvalue weighted by molar-refractivity contribution is -0.133. The molecule has 6 nitrogen and oxygen atoms in total. The van der Waals surface area contributed by atoms with Gasteiger partial charge < -0.3 is 16.0 Å². The van der Waals surface area contributed by atoms with E-state index in [0.29, 0.717) is 55.1 Å². The minimum Gasteiger partial charge on any atom is -0.356 e. The molecule has 0 fully saturated rings. The highest BCUT2D eigenvalue weighted by Gasteiger charge is 2.26. The Morgan fingerprint density at radius 1 is 0.487 bits per heavy atom. The van der Waals surface area contributed by atoms with Gasteiger partial charge in [0.25, 0.3) is 0 Å². The van der Waals surface area contributed by atoms with Crippen LogP contribution in [0, 0.1) is 41.4 Å². The number of nitrogens with one attached hydrogen (secondary N) is 3. The number of amides is 3. The first-order valence-corrected chi connectivity index (χ1v) is 16.2. The van der Waals surface area contributed by atoms with Gasteiger partial charge in [0, 0.05) is 32.5 Å². The molecule has 3 N–H and O–H groups in total. The lowest BCUT2D eigenvalue weighted by Crippen LogP contribution is -2.40. The molecule has 0 aliphatic carbocycles. The Morgan fingerprint density at radius 2 is 0.795 bits per heavy atom. The van der Waals surface area contributed by atoms with Gasteiger partial charge in [0.15, 0.2) is 0 Å². The first-order valence-electron chi connectivity index (χ1n) is 16.2. The second-order valence-electron chi connectivity index (χ2n) is 13.2. The van der Waals surface area contributed by atoms with E-state index >= 15 is 0 Å². The minimum absolute atomic E-state index is 0.0419. The zero-order valence-electron chi connectivity index (χ0n) is 27.2. The first-order chi connectivity index (χ1) is 18.4. The van der Waals surface area contributed by atoms with E-state index in [1.54, 1.807) is 0 Å². The molecular formula is C33H65N3O3. The molecule has 0 aromatic heterocycles. The minimum atomic E-state index is -0.658. The molecule has 0 bridgehead atoms. The normalized spacial score (nSPS) is 16.8. The summed E-state index contributed by atoms with van der Waals surface area (Å²) in [4.78, 5) is 38.8. The lowest BCUT2D eigenvalue weighted by atomic mass is 9.92. The summed E-state index contributed by atoms with van der Waals surface area (Å²) in [7, 11) is 0. The monoisotopic (exact) mass is 552 g/mol. The topological polar surface area (TPSA) is 87.3 Å². The van der Waals surface area contributed by atoms with Crippen molar-refractivity contribution in [3.63, 3.8) is 0 Å². The van der Waals surface area contributed by atoms with Crippen LogP contribution in [0.5, 0.6) is 0 Å². The summed E-state index contributed by atoms with van der Waals surface area (Å²) in [5.74, 6) is 1.88. The summed E-state index contributed by atoms with van der Waals surface area (Å²) < 4.78 is 0. The SMILES string of the molecule is CCCC(C)CC(C)CNC(=O)CC(CC(=O)NCC(C)CC(C)CCC)C(=O)NCC(C)CC(C)CCC. The highest BCUT2D eigenvalue weighted by atomic mass is 16.2. The molecule has 0 aliphatic rings. The molecule has 0 aromatic rings. The molecule has 3 amide bonds. The van der Waals surface area contributed by atoms with Crippen LogP contribution in [0.2, 0.25) is 0 Å². The Bertz CT molecular complexity index is 631. The van der Waals surface area contributed by atoms with Crippen LogP contribution in [-0.2, 0) is 14.4 Å². The van der Waals surface area contributed by atoms with Crippen molar-refractivity contribution in [1.82, 2.24) is 16.0 Å². The van der Waals surface area contributed by atoms with Crippen LogP contribution >= 0.6 is 0 Å². The molecule has 0 saturated heterocycles. The van der Waals surface area contributed by atoms with Gasteiger partial charge in [-0.05, 0) is 54.8 Å². The maximum absolute atomic E-state index is 13.2. The van der Waals surface area contributed by atoms with Gasteiger partial charge in [-0.2, -0.15) is 0 Å². The maximum atomic E-state index is 13.2. The fourth-order valence-electron chi connectivity index (χ4n) is 5.99. The van der Waals surface area contributed by atoms with E-state index < -0.39 is 5.92 Å². The summed E-state index contributed by atoms with van der Waals surface area (Å²) >= 11 is 0. The molecule has 0 spiro atoms. The van der Waals surface area contributed by atoms with E-state index in [-0.39, 0.29) is 30.6 Å². The van der Waals surface area contributed by atoms with E-state index in [2.05, 4.69) is 78.3 Å². The van der Waals surface area contributed by atoms with E-state index in [1.807, 2.05) is 0 Å². The standard InChI is InChI=1S/C33H65N3O3/c1-10-13-24(4)16-27(7)21-34-31(37)19-30(33(39)36-23-29(9)18-26(6)15-12-3)20-32(38)35-22-28(8)17-25(5)14-11-2/h24-30H,10-23H2,1-9H3,(H,34,37)(H,35,38)(H,36,39). The summed E-state index contributed by atoms with van der Waals surface area (Å²) in [6.45, 7) is 21.6. The molecule has 0 aliphatic heterocycles. The van der Waals surface area contributed by atoms with Crippen molar-refractivity contribution in [2.24, 2.45) is 41.4 Å². The molecule has 39 heavy (non-hydrogen) atoms. The van der Waals surface area contributed by atoms with Crippen LogP contribution in [0.3, 0.4) is 0 Å². The molecule has 0 radical (unpaired) electrons. The van der Waals surface area contributed by atoms with E-state index in [0.717, 1.165) is 19.3 Å². The summed E-state index contributed by atoms with van der Waals surface area (Å²) in [6.07, 6.45) is 10.4. The third-order valence-electron chi connectivity index (χ3n) is 7.91. The number of hydrogen-bond acceptors (Lipinski definition) is 3. The fourth-order valence-corrected chi connectivity index (χ4v) is 5.99. The van der Waals surface area contributed by atoms with Crippen LogP contribution < -0.4 is 16.0 Å². The second kappa shape index (κ2) is 22.1. The van der Waals surface area contributed by atoms with Crippen molar-refractivity contribution in [2.75, 3.05) is 19.6 Å². The third kappa shape index (κ3) is 20.0. The molecular weight excluding hydrogens is 486 g/mol.